The van der Waals surface area contributed by atoms with Crippen molar-refractivity contribution in [1.29, 1.82) is 0 Å². The first-order chi connectivity index (χ1) is 16.1. The molecule has 170 valence electrons. The zero-order valence-corrected chi connectivity index (χ0v) is 19.6. The molecule has 1 heterocycles. The Bertz CT molecular complexity index is 1110. The number of hydrogen-bond acceptors (Lipinski definition) is 4. The van der Waals surface area contributed by atoms with E-state index in [1.54, 1.807) is 48.0 Å². The van der Waals surface area contributed by atoms with Crippen molar-refractivity contribution in [3.05, 3.63) is 95.0 Å². The van der Waals surface area contributed by atoms with Crippen molar-refractivity contribution in [2.45, 2.75) is 18.0 Å². The number of para-hydroxylation sites is 2. The van der Waals surface area contributed by atoms with Crippen molar-refractivity contribution >= 4 is 41.0 Å². The largest absolute Gasteiger partial charge is 0.495 e. The summed E-state index contributed by atoms with van der Waals surface area (Å²) in [6, 6.07) is 23.2. The molecule has 1 saturated heterocycles. The Hall–Kier alpha value is -3.16. The minimum atomic E-state index is -0.623. The Morgan fingerprint density at radius 1 is 1.03 bits per heavy atom. The molecule has 0 saturated carbocycles. The summed E-state index contributed by atoms with van der Waals surface area (Å²) in [7, 11) is 1.55. The summed E-state index contributed by atoms with van der Waals surface area (Å²) in [5, 5.41) is 6.24. The zero-order chi connectivity index (χ0) is 23.2. The molecule has 0 aliphatic carbocycles. The zero-order valence-electron chi connectivity index (χ0n) is 18.0. The van der Waals surface area contributed by atoms with Gasteiger partial charge in [-0.25, -0.2) is 4.79 Å². The van der Waals surface area contributed by atoms with E-state index in [0.717, 1.165) is 11.1 Å². The van der Waals surface area contributed by atoms with Crippen LogP contribution in [0.25, 0.3) is 0 Å². The second kappa shape index (κ2) is 10.6. The number of ether oxygens (including phenoxy) is 1. The van der Waals surface area contributed by atoms with Gasteiger partial charge in [-0.3, -0.25) is 9.69 Å². The molecule has 3 aromatic rings. The lowest BCUT2D eigenvalue weighted by molar-refractivity contribution is -0.124. The van der Waals surface area contributed by atoms with E-state index in [0.29, 0.717) is 28.8 Å². The third-order valence-electron chi connectivity index (χ3n) is 5.35. The molecule has 0 aromatic heterocycles. The summed E-state index contributed by atoms with van der Waals surface area (Å²) < 4.78 is 5.36. The van der Waals surface area contributed by atoms with E-state index >= 15 is 0 Å². The summed E-state index contributed by atoms with van der Waals surface area (Å²) in [4.78, 5) is 28.2. The standard InChI is InChI=1S/C25H24ClN3O3S/c1-32-22-10-6-5-9-20(22)28-25(31)29-21(16-33-24(29)18-7-3-2-4-8-18)23(30)27-15-17-11-13-19(26)14-12-17/h2-14,21,24H,15-16H2,1H3,(H,27,30)(H,28,31)/t21-,24-/m0/s1. The number of carbonyl (C=O) groups is 2. The van der Waals surface area contributed by atoms with Crippen LogP contribution in [0.1, 0.15) is 16.5 Å². The first kappa shape index (κ1) is 23.0. The van der Waals surface area contributed by atoms with Crippen molar-refractivity contribution in [2.75, 3.05) is 18.2 Å². The lowest BCUT2D eigenvalue weighted by atomic mass is 10.1. The molecule has 1 aliphatic heterocycles. The minimum Gasteiger partial charge on any atom is -0.495 e. The van der Waals surface area contributed by atoms with Gasteiger partial charge in [0, 0.05) is 17.3 Å². The number of nitrogens with zero attached hydrogens (tertiary/aromatic N) is 1. The monoisotopic (exact) mass is 481 g/mol. The Balaban J connectivity index is 1.55. The van der Waals surface area contributed by atoms with Crippen LogP contribution in [0.3, 0.4) is 0 Å². The van der Waals surface area contributed by atoms with Gasteiger partial charge in [-0.15, -0.1) is 11.8 Å². The molecule has 8 heteroatoms. The van der Waals surface area contributed by atoms with Crippen LogP contribution in [0.5, 0.6) is 5.75 Å². The Morgan fingerprint density at radius 3 is 2.45 bits per heavy atom. The number of halogens is 1. The SMILES string of the molecule is COc1ccccc1NC(=O)N1[C@H](C(=O)NCc2ccc(Cl)cc2)CS[C@H]1c1ccccc1. The van der Waals surface area contributed by atoms with Gasteiger partial charge in [-0.1, -0.05) is 66.2 Å². The molecule has 0 unspecified atom stereocenters. The summed E-state index contributed by atoms with van der Waals surface area (Å²) in [6.45, 7) is 0.356. The van der Waals surface area contributed by atoms with E-state index in [1.165, 1.54) is 0 Å². The maximum absolute atomic E-state index is 13.4. The molecule has 1 aliphatic rings. The Labute approximate surface area is 202 Å². The topological polar surface area (TPSA) is 70.7 Å². The van der Waals surface area contributed by atoms with Gasteiger partial charge in [-0.05, 0) is 35.4 Å². The molecule has 3 amide bonds. The van der Waals surface area contributed by atoms with Crippen LogP contribution in [0.2, 0.25) is 5.02 Å². The molecule has 33 heavy (non-hydrogen) atoms. The van der Waals surface area contributed by atoms with Crippen LogP contribution in [0.15, 0.2) is 78.9 Å². The molecule has 0 spiro atoms. The summed E-state index contributed by atoms with van der Waals surface area (Å²) >= 11 is 7.51. The van der Waals surface area contributed by atoms with E-state index in [1.807, 2.05) is 54.6 Å². The number of amides is 3. The van der Waals surface area contributed by atoms with Gasteiger partial charge in [-0.2, -0.15) is 0 Å². The van der Waals surface area contributed by atoms with Gasteiger partial charge >= 0.3 is 6.03 Å². The fraction of sp³-hybridized carbons (Fsp3) is 0.200. The number of methoxy groups -OCH3 is 1. The highest BCUT2D eigenvalue weighted by Gasteiger charge is 2.42. The maximum atomic E-state index is 13.4. The van der Waals surface area contributed by atoms with Crippen molar-refractivity contribution in [2.24, 2.45) is 0 Å². The summed E-state index contributed by atoms with van der Waals surface area (Å²) in [5.74, 6) is 0.842. The van der Waals surface area contributed by atoms with E-state index in [2.05, 4.69) is 10.6 Å². The van der Waals surface area contributed by atoms with Gasteiger partial charge in [0.25, 0.3) is 0 Å². The average Bonchev–Trinajstić information content (AvgIpc) is 3.30. The molecule has 4 rings (SSSR count). The van der Waals surface area contributed by atoms with Crippen LogP contribution in [-0.2, 0) is 11.3 Å². The van der Waals surface area contributed by atoms with Crippen molar-refractivity contribution < 1.29 is 14.3 Å². The first-order valence-corrected chi connectivity index (χ1v) is 11.9. The predicted octanol–water partition coefficient (Wildman–Crippen LogP) is 5.31. The predicted molar refractivity (Wildman–Crippen MR) is 133 cm³/mol. The van der Waals surface area contributed by atoms with E-state index in [-0.39, 0.29) is 17.3 Å². The smallest absolute Gasteiger partial charge is 0.323 e. The van der Waals surface area contributed by atoms with Crippen LogP contribution in [0.4, 0.5) is 10.5 Å². The Kier molecular flexibility index (Phi) is 7.42. The molecule has 3 aromatic carbocycles. The molecule has 0 radical (unpaired) electrons. The van der Waals surface area contributed by atoms with E-state index in [4.69, 9.17) is 16.3 Å². The number of benzene rings is 3. The van der Waals surface area contributed by atoms with Crippen LogP contribution < -0.4 is 15.4 Å². The minimum absolute atomic E-state index is 0.203. The fourth-order valence-electron chi connectivity index (χ4n) is 3.67. The average molecular weight is 482 g/mol. The maximum Gasteiger partial charge on any atom is 0.323 e. The third kappa shape index (κ3) is 5.43. The molecule has 0 bridgehead atoms. The second-order valence-corrected chi connectivity index (χ2v) is 9.04. The van der Waals surface area contributed by atoms with Crippen molar-refractivity contribution in [1.82, 2.24) is 10.2 Å². The highest BCUT2D eigenvalue weighted by molar-refractivity contribution is 7.99. The molecule has 6 nitrogen and oxygen atoms in total. The number of anilines is 1. The normalized spacial score (nSPS) is 17.5. The van der Waals surface area contributed by atoms with E-state index < -0.39 is 6.04 Å². The molecule has 1 fully saturated rings. The number of urea groups is 1. The van der Waals surface area contributed by atoms with Crippen LogP contribution in [0, 0.1) is 0 Å². The number of rotatable bonds is 6. The van der Waals surface area contributed by atoms with E-state index in [9.17, 15) is 9.59 Å². The van der Waals surface area contributed by atoms with Gasteiger partial charge in [0.05, 0.1) is 12.8 Å². The molecular formula is C25H24ClN3O3S. The lowest BCUT2D eigenvalue weighted by Crippen LogP contribution is -2.49. The van der Waals surface area contributed by atoms with Gasteiger partial charge in [0.2, 0.25) is 5.91 Å². The van der Waals surface area contributed by atoms with Gasteiger partial charge in [0.15, 0.2) is 0 Å². The molecule has 2 N–H and O–H groups in total. The number of carbonyl (C=O) groups excluding carboxylic acids is 2. The number of thioether (sulfide) groups is 1. The quantitative estimate of drug-likeness (QED) is 0.500. The first-order valence-electron chi connectivity index (χ1n) is 10.5. The Morgan fingerprint density at radius 2 is 1.73 bits per heavy atom. The molecular weight excluding hydrogens is 458 g/mol. The third-order valence-corrected chi connectivity index (χ3v) is 6.93. The van der Waals surface area contributed by atoms with Crippen molar-refractivity contribution in [3.8, 4) is 5.75 Å². The summed E-state index contributed by atoms with van der Waals surface area (Å²) in [5.41, 5.74) is 2.45. The highest BCUT2D eigenvalue weighted by Crippen LogP contribution is 2.42. The van der Waals surface area contributed by atoms with Crippen LogP contribution in [-0.4, -0.2) is 35.7 Å². The van der Waals surface area contributed by atoms with Crippen LogP contribution >= 0.6 is 23.4 Å². The second-order valence-electron chi connectivity index (χ2n) is 7.49. The fourth-order valence-corrected chi connectivity index (χ4v) is 5.22. The number of nitrogens with one attached hydrogen (secondary N) is 2. The number of hydrogen-bond donors (Lipinski definition) is 2. The van der Waals surface area contributed by atoms with Crippen molar-refractivity contribution in [3.63, 3.8) is 0 Å². The highest BCUT2D eigenvalue weighted by atomic mass is 35.5. The molecule has 2 atom stereocenters. The van der Waals surface area contributed by atoms with Gasteiger partial charge in [0.1, 0.15) is 17.2 Å². The summed E-state index contributed by atoms with van der Waals surface area (Å²) in [6.07, 6.45) is 0. The lowest BCUT2D eigenvalue weighted by Gasteiger charge is -2.29. The van der Waals surface area contributed by atoms with Gasteiger partial charge < -0.3 is 15.4 Å².